The number of ether oxygens (including phenoxy) is 1. The topological polar surface area (TPSA) is 58.6 Å². The lowest BCUT2D eigenvalue weighted by Gasteiger charge is -2.22. The Morgan fingerprint density at radius 3 is 2.48 bits per heavy atom. The van der Waals surface area contributed by atoms with Crippen LogP contribution in [0.25, 0.3) is 0 Å². The Morgan fingerprint density at radius 2 is 1.74 bits per heavy atom. The van der Waals surface area contributed by atoms with Crippen molar-refractivity contribution in [3.05, 3.63) is 90.0 Å². The van der Waals surface area contributed by atoms with Gasteiger partial charge in [-0.1, -0.05) is 54.6 Å². The number of rotatable bonds is 6. The second kappa shape index (κ2) is 9.71. The average Bonchev–Trinajstić information content (AvgIpc) is 2.95. The second-order valence-corrected chi connectivity index (χ2v) is 8.54. The third-order valence-corrected chi connectivity index (χ3v) is 6.53. The highest BCUT2D eigenvalue weighted by molar-refractivity contribution is 7.99. The molecule has 4 rings (SSSR count). The predicted molar refractivity (Wildman–Crippen MR) is 123 cm³/mol. The van der Waals surface area contributed by atoms with E-state index in [0.29, 0.717) is 13.0 Å². The minimum absolute atomic E-state index is 0.00142. The molecule has 1 N–H and O–H groups in total. The Labute approximate surface area is 186 Å². The van der Waals surface area contributed by atoms with Gasteiger partial charge in [0.1, 0.15) is 12.3 Å². The number of nitrogens with zero attached hydrogens (tertiary/aromatic N) is 1. The fraction of sp³-hybridized carbons (Fsp3) is 0.200. The fourth-order valence-corrected chi connectivity index (χ4v) is 4.83. The van der Waals surface area contributed by atoms with Crippen LogP contribution in [0, 0.1) is 0 Å². The molecule has 0 radical (unpaired) electrons. The normalized spacial score (nSPS) is 15.7. The summed E-state index contributed by atoms with van der Waals surface area (Å²) in [4.78, 5) is 28.4. The molecule has 1 atom stereocenters. The first-order valence-electron chi connectivity index (χ1n) is 10.1. The van der Waals surface area contributed by atoms with Crippen molar-refractivity contribution >= 4 is 29.3 Å². The van der Waals surface area contributed by atoms with E-state index in [2.05, 4.69) is 5.32 Å². The maximum Gasteiger partial charge on any atom is 0.240 e. The molecule has 1 heterocycles. The molecule has 0 aromatic heterocycles. The Morgan fingerprint density at radius 1 is 1.03 bits per heavy atom. The molecule has 0 saturated carbocycles. The third kappa shape index (κ3) is 5.09. The van der Waals surface area contributed by atoms with E-state index in [1.54, 1.807) is 23.8 Å². The number of nitrogens with one attached hydrogen (secondary N) is 1. The molecule has 0 spiro atoms. The number of hydrogen-bond acceptors (Lipinski definition) is 4. The molecule has 0 aliphatic carbocycles. The Hall–Kier alpha value is -3.25. The number of amides is 2. The minimum Gasteiger partial charge on any atom is -0.497 e. The summed E-state index contributed by atoms with van der Waals surface area (Å²) < 4.78 is 5.25. The van der Waals surface area contributed by atoms with Gasteiger partial charge in [0.05, 0.1) is 12.8 Å². The van der Waals surface area contributed by atoms with Gasteiger partial charge in [-0.3, -0.25) is 9.59 Å². The van der Waals surface area contributed by atoms with Crippen molar-refractivity contribution in [2.75, 3.05) is 18.6 Å². The zero-order valence-corrected chi connectivity index (χ0v) is 18.1. The van der Waals surface area contributed by atoms with Crippen LogP contribution in [0.2, 0.25) is 0 Å². The lowest BCUT2D eigenvalue weighted by atomic mass is 10.1. The molecule has 5 nitrogen and oxygen atoms in total. The van der Waals surface area contributed by atoms with Gasteiger partial charge in [-0.25, -0.2) is 0 Å². The summed E-state index contributed by atoms with van der Waals surface area (Å²) in [7, 11) is 1.63. The highest BCUT2D eigenvalue weighted by Crippen LogP contribution is 2.45. The molecule has 0 unspecified atom stereocenters. The summed E-state index contributed by atoms with van der Waals surface area (Å²) in [5, 5.41) is 2.89. The highest BCUT2D eigenvalue weighted by Gasteiger charge is 2.30. The van der Waals surface area contributed by atoms with Crippen molar-refractivity contribution in [1.82, 2.24) is 5.32 Å². The first-order valence-corrected chi connectivity index (χ1v) is 11.0. The van der Waals surface area contributed by atoms with Gasteiger partial charge in [-0.05, 0) is 35.4 Å². The average molecular weight is 433 g/mol. The number of para-hydroxylation sites is 1. The lowest BCUT2D eigenvalue weighted by Crippen LogP contribution is -2.40. The van der Waals surface area contributed by atoms with Gasteiger partial charge in [-0.15, -0.1) is 11.8 Å². The maximum absolute atomic E-state index is 13.2. The maximum atomic E-state index is 13.2. The molecule has 0 fully saturated rings. The van der Waals surface area contributed by atoms with Crippen molar-refractivity contribution in [3.63, 3.8) is 0 Å². The van der Waals surface area contributed by atoms with Crippen LogP contribution in [0.5, 0.6) is 5.75 Å². The van der Waals surface area contributed by atoms with Crippen molar-refractivity contribution in [2.24, 2.45) is 0 Å². The predicted octanol–water partition coefficient (Wildman–Crippen LogP) is 4.58. The van der Waals surface area contributed by atoms with E-state index >= 15 is 0 Å². The summed E-state index contributed by atoms with van der Waals surface area (Å²) in [6, 6.07) is 25.3. The molecule has 3 aromatic carbocycles. The molecule has 1 aliphatic rings. The fourth-order valence-electron chi connectivity index (χ4n) is 3.55. The summed E-state index contributed by atoms with van der Waals surface area (Å²) >= 11 is 1.65. The van der Waals surface area contributed by atoms with Gasteiger partial charge in [0.2, 0.25) is 11.8 Å². The standard InChI is InChI=1S/C25H24N2O3S/c1-30-20-13-11-19(12-14-20)23-15-25(29)27(21-9-5-6-10-22(21)31-23)17-24(28)26-16-18-7-3-2-4-8-18/h2-14,23H,15-17H2,1H3,(H,26,28)/t23-/m0/s1. The van der Waals surface area contributed by atoms with Crippen LogP contribution < -0.4 is 15.0 Å². The number of carbonyl (C=O) groups is 2. The molecular weight excluding hydrogens is 408 g/mol. The number of methoxy groups -OCH3 is 1. The van der Waals surface area contributed by atoms with E-state index in [0.717, 1.165) is 27.5 Å². The number of fused-ring (bicyclic) bond motifs is 1. The van der Waals surface area contributed by atoms with Gasteiger partial charge >= 0.3 is 0 Å². The van der Waals surface area contributed by atoms with Crippen molar-refractivity contribution < 1.29 is 14.3 Å². The van der Waals surface area contributed by atoms with Crippen molar-refractivity contribution in [3.8, 4) is 5.75 Å². The molecule has 3 aromatic rings. The molecule has 0 saturated heterocycles. The largest absolute Gasteiger partial charge is 0.497 e. The number of hydrogen-bond donors (Lipinski definition) is 1. The third-order valence-electron chi connectivity index (χ3n) is 5.21. The first-order chi connectivity index (χ1) is 15.1. The van der Waals surface area contributed by atoms with Crippen LogP contribution in [0.1, 0.15) is 22.8 Å². The molecule has 0 bridgehead atoms. The van der Waals surface area contributed by atoms with Crippen LogP contribution >= 0.6 is 11.8 Å². The van der Waals surface area contributed by atoms with Crippen molar-refractivity contribution in [1.29, 1.82) is 0 Å². The Kier molecular flexibility index (Phi) is 6.57. The zero-order chi connectivity index (χ0) is 21.6. The Balaban J connectivity index is 1.52. The van der Waals surface area contributed by atoms with Gasteiger partial charge in [0.15, 0.2) is 0 Å². The number of benzene rings is 3. The summed E-state index contributed by atoms with van der Waals surface area (Å²) in [6.45, 7) is 0.436. The van der Waals surface area contributed by atoms with E-state index in [1.165, 1.54) is 0 Å². The van der Waals surface area contributed by atoms with E-state index < -0.39 is 0 Å². The van der Waals surface area contributed by atoms with Gasteiger partial charge < -0.3 is 15.0 Å². The molecule has 31 heavy (non-hydrogen) atoms. The van der Waals surface area contributed by atoms with E-state index in [-0.39, 0.29) is 23.6 Å². The second-order valence-electron chi connectivity index (χ2n) is 7.29. The molecular formula is C25H24N2O3S. The summed E-state index contributed by atoms with van der Waals surface area (Å²) in [5.74, 6) is 0.541. The lowest BCUT2D eigenvalue weighted by molar-refractivity contribution is -0.124. The van der Waals surface area contributed by atoms with Crippen molar-refractivity contribution in [2.45, 2.75) is 23.1 Å². The highest BCUT2D eigenvalue weighted by atomic mass is 32.2. The molecule has 158 valence electrons. The number of thioether (sulfide) groups is 1. The monoisotopic (exact) mass is 432 g/mol. The molecule has 6 heteroatoms. The van der Waals surface area contributed by atoms with Gasteiger partial charge in [0.25, 0.3) is 0 Å². The van der Waals surface area contributed by atoms with Gasteiger partial charge in [-0.2, -0.15) is 0 Å². The zero-order valence-electron chi connectivity index (χ0n) is 17.3. The number of carbonyl (C=O) groups excluding carboxylic acids is 2. The van der Waals surface area contributed by atoms with Gasteiger partial charge in [0, 0.05) is 23.1 Å². The van der Waals surface area contributed by atoms with E-state index in [9.17, 15) is 9.59 Å². The number of anilines is 1. The van der Waals surface area contributed by atoms with E-state index in [4.69, 9.17) is 4.74 Å². The van der Waals surface area contributed by atoms with E-state index in [1.807, 2.05) is 78.9 Å². The van der Waals surface area contributed by atoms with Crippen LogP contribution in [0.15, 0.2) is 83.8 Å². The quantitative estimate of drug-likeness (QED) is 0.619. The summed E-state index contributed by atoms with van der Waals surface area (Å²) in [5.41, 5.74) is 2.86. The Bertz CT molecular complexity index is 1050. The first kappa shape index (κ1) is 21.0. The van der Waals surface area contributed by atoms with Crippen LogP contribution in [0.3, 0.4) is 0 Å². The van der Waals surface area contributed by atoms with Crippen LogP contribution in [0.4, 0.5) is 5.69 Å². The van der Waals surface area contributed by atoms with Crippen LogP contribution in [-0.4, -0.2) is 25.5 Å². The summed E-state index contributed by atoms with van der Waals surface area (Å²) in [6.07, 6.45) is 0.317. The smallest absolute Gasteiger partial charge is 0.240 e. The molecule has 1 aliphatic heterocycles. The molecule has 2 amide bonds. The SMILES string of the molecule is COc1ccc([C@@H]2CC(=O)N(CC(=O)NCc3ccccc3)c3ccccc3S2)cc1. The van der Waals surface area contributed by atoms with Crippen LogP contribution in [-0.2, 0) is 16.1 Å². The minimum atomic E-state index is -0.181.